The SMILES string of the molecule is C=CCNC(=O)NC1CCCCC1CO. The number of hydrogen-bond donors (Lipinski definition) is 3. The van der Waals surface area contributed by atoms with E-state index in [1.54, 1.807) is 6.08 Å². The summed E-state index contributed by atoms with van der Waals surface area (Å²) in [6, 6.07) is -0.0474. The zero-order valence-electron chi connectivity index (χ0n) is 9.04. The summed E-state index contributed by atoms with van der Waals surface area (Å²) in [7, 11) is 0. The van der Waals surface area contributed by atoms with Gasteiger partial charge in [0.25, 0.3) is 0 Å². The van der Waals surface area contributed by atoms with E-state index in [1.807, 2.05) is 0 Å². The Morgan fingerprint density at radius 1 is 1.47 bits per heavy atom. The van der Waals surface area contributed by atoms with Crippen molar-refractivity contribution in [3.8, 4) is 0 Å². The maximum Gasteiger partial charge on any atom is 0.315 e. The summed E-state index contributed by atoms with van der Waals surface area (Å²) in [6.07, 6.45) is 5.89. The van der Waals surface area contributed by atoms with Crippen LogP contribution in [0.25, 0.3) is 0 Å². The lowest BCUT2D eigenvalue weighted by atomic mass is 9.85. The normalized spacial score (nSPS) is 25.7. The van der Waals surface area contributed by atoms with Crippen molar-refractivity contribution in [2.24, 2.45) is 5.92 Å². The first-order valence-electron chi connectivity index (χ1n) is 5.54. The van der Waals surface area contributed by atoms with Gasteiger partial charge < -0.3 is 15.7 Å². The van der Waals surface area contributed by atoms with Crippen LogP contribution in [0.2, 0.25) is 0 Å². The highest BCUT2D eigenvalue weighted by Gasteiger charge is 2.25. The number of rotatable bonds is 4. The average Bonchev–Trinajstić information content (AvgIpc) is 2.27. The number of nitrogens with one attached hydrogen (secondary N) is 2. The molecule has 3 N–H and O–H groups in total. The Kier molecular flexibility index (Phi) is 5.18. The summed E-state index contributed by atoms with van der Waals surface area (Å²) in [6.45, 7) is 4.16. The lowest BCUT2D eigenvalue weighted by molar-refractivity contribution is 0.154. The predicted molar refractivity (Wildman–Crippen MR) is 59.6 cm³/mol. The largest absolute Gasteiger partial charge is 0.396 e. The Morgan fingerprint density at radius 3 is 2.87 bits per heavy atom. The number of aliphatic hydroxyl groups is 1. The molecule has 1 rings (SSSR count). The third kappa shape index (κ3) is 3.91. The standard InChI is InChI=1S/C11H20N2O2/c1-2-7-12-11(15)13-10-6-4-3-5-9(10)8-14/h2,9-10,14H,1,3-8H2,(H2,12,13,15). The van der Waals surface area contributed by atoms with Crippen LogP contribution in [0.1, 0.15) is 25.7 Å². The molecular formula is C11H20N2O2. The van der Waals surface area contributed by atoms with Crippen LogP contribution in [0.3, 0.4) is 0 Å². The van der Waals surface area contributed by atoms with E-state index in [0.717, 1.165) is 25.7 Å². The first kappa shape index (κ1) is 12.0. The minimum atomic E-state index is -0.166. The summed E-state index contributed by atoms with van der Waals surface area (Å²) in [5.74, 6) is 0.216. The molecule has 2 unspecified atom stereocenters. The van der Waals surface area contributed by atoms with Crippen molar-refractivity contribution in [3.63, 3.8) is 0 Å². The topological polar surface area (TPSA) is 61.4 Å². The van der Waals surface area contributed by atoms with Gasteiger partial charge in [-0.3, -0.25) is 0 Å². The van der Waals surface area contributed by atoms with Crippen LogP contribution in [0.5, 0.6) is 0 Å². The van der Waals surface area contributed by atoms with E-state index in [4.69, 9.17) is 5.11 Å². The summed E-state index contributed by atoms with van der Waals surface area (Å²) < 4.78 is 0. The molecule has 0 bridgehead atoms. The van der Waals surface area contributed by atoms with Crippen LogP contribution in [0.4, 0.5) is 4.79 Å². The van der Waals surface area contributed by atoms with Gasteiger partial charge in [0.15, 0.2) is 0 Å². The third-order valence-corrected chi connectivity index (χ3v) is 2.87. The number of urea groups is 1. The second kappa shape index (κ2) is 6.45. The van der Waals surface area contributed by atoms with Crippen molar-refractivity contribution >= 4 is 6.03 Å². The zero-order chi connectivity index (χ0) is 11.1. The van der Waals surface area contributed by atoms with Crippen molar-refractivity contribution in [1.29, 1.82) is 0 Å². The van der Waals surface area contributed by atoms with Crippen LogP contribution >= 0.6 is 0 Å². The van der Waals surface area contributed by atoms with E-state index in [9.17, 15) is 4.79 Å². The van der Waals surface area contributed by atoms with E-state index < -0.39 is 0 Å². The van der Waals surface area contributed by atoms with Crippen LogP contribution in [0, 0.1) is 5.92 Å². The van der Waals surface area contributed by atoms with Gasteiger partial charge in [0.05, 0.1) is 0 Å². The number of carbonyl (C=O) groups excluding carboxylic acids is 1. The second-order valence-corrected chi connectivity index (χ2v) is 3.98. The highest BCUT2D eigenvalue weighted by atomic mass is 16.3. The lowest BCUT2D eigenvalue weighted by Crippen LogP contribution is -2.47. The molecule has 1 aliphatic rings. The van der Waals surface area contributed by atoms with E-state index in [-0.39, 0.29) is 24.6 Å². The molecule has 2 atom stereocenters. The highest BCUT2D eigenvalue weighted by molar-refractivity contribution is 5.74. The maximum atomic E-state index is 11.4. The first-order valence-corrected chi connectivity index (χ1v) is 5.54. The van der Waals surface area contributed by atoms with Crippen LogP contribution in [0.15, 0.2) is 12.7 Å². The van der Waals surface area contributed by atoms with Crippen molar-refractivity contribution in [3.05, 3.63) is 12.7 Å². The molecule has 0 aromatic heterocycles. The van der Waals surface area contributed by atoms with Gasteiger partial charge >= 0.3 is 6.03 Å². The first-order chi connectivity index (χ1) is 7.27. The molecular weight excluding hydrogens is 192 g/mol. The predicted octanol–water partition coefficient (Wildman–Crippen LogP) is 1.02. The summed E-state index contributed by atoms with van der Waals surface area (Å²) in [5.41, 5.74) is 0. The van der Waals surface area contributed by atoms with Crippen LogP contribution < -0.4 is 10.6 Å². The van der Waals surface area contributed by atoms with Gasteiger partial charge in [-0.1, -0.05) is 18.9 Å². The maximum absolute atomic E-state index is 11.4. The molecule has 0 aromatic rings. The molecule has 4 heteroatoms. The van der Waals surface area contributed by atoms with E-state index >= 15 is 0 Å². The Bertz CT molecular complexity index is 219. The average molecular weight is 212 g/mol. The Balaban J connectivity index is 2.33. The number of amides is 2. The number of hydrogen-bond acceptors (Lipinski definition) is 2. The van der Waals surface area contributed by atoms with Crippen molar-refractivity contribution in [2.45, 2.75) is 31.7 Å². The number of carbonyl (C=O) groups is 1. The van der Waals surface area contributed by atoms with Gasteiger partial charge in [-0.25, -0.2) is 4.79 Å². The van der Waals surface area contributed by atoms with E-state index in [0.29, 0.717) is 6.54 Å². The van der Waals surface area contributed by atoms with Crippen LogP contribution in [-0.2, 0) is 0 Å². The summed E-state index contributed by atoms with van der Waals surface area (Å²) >= 11 is 0. The monoisotopic (exact) mass is 212 g/mol. The number of aliphatic hydroxyl groups excluding tert-OH is 1. The molecule has 0 aromatic carbocycles. The zero-order valence-corrected chi connectivity index (χ0v) is 9.04. The lowest BCUT2D eigenvalue weighted by Gasteiger charge is -2.30. The van der Waals surface area contributed by atoms with Crippen LogP contribution in [-0.4, -0.2) is 30.3 Å². The van der Waals surface area contributed by atoms with Gasteiger partial charge in [0.2, 0.25) is 0 Å². The molecule has 15 heavy (non-hydrogen) atoms. The molecule has 0 radical (unpaired) electrons. The molecule has 1 fully saturated rings. The molecule has 0 saturated heterocycles. The van der Waals surface area contributed by atoms with Crippen molar-refractivity contribution < 1.29 is 9.90 Å². The van der Waals surface area contributed by atoms with E-state index in [1.165, 1.54) is 0 Å². The molecule has 1 aliphatic carbocycles. The Morgan fingerprint density at radius 2 is 2.20 bits per heavy atom. The van der Waals surface area contributed by atoms with Crippen molar-refractivity contribution in [1.82, 2.24) is 10.6 Å². The second-order valence-electron chi connectivity index (χ2n) is 3.98. The van der Waals surface area contributed by atoms with Gasteiger partial charge in [-0.05, 0) is 12.8 Å². The molecule has 0 heterocycles. The van der Waals surface area contributed by atoms with Gasteiger partial charge in [-0.2, -0.15) is 0 Å². The van der Waals surface area contributed by atoms with E-state index in [2.05, 4.69) is 17.2 Å². The van der Waals surface area contributed by atoms with Gasteiger partial charge in [-0.15, -0.1) is 6.58 Å². The smallest absolute Gasteiger partial charge is 0.315 e. The summed E-state index contributed by atoms with van der Waals surface area (Å²) in [4.78, 5) is 11.4. The Hall–Kier alpha value is -1.03. The highest BCUT2D eigenvalue weighted by Crippen LogP contribution is 2.23. The van der Waals surface area contributed by atoms with Gasteiger partial charge in [0.1, 0.15) is 0 Å². The third-order valence-electron chi connectivity index (χ3n) is 2.87. The van der Waals surface area contributed by atoms with Gasteiger partial charge in [0, 0.05) is 25.1 Å². The molecule has 4 nitrogen and oxygen atoms in total. The fourth-order valence-corrected chi connectivity index (χ4v) is 2.00. The molecule has 1 saturated carbocycles. The molecule has 0 spiro atoms. The molecule has 2 amide bonds. The fraction of sp³-hybridized carbons (Fsp3) is 0.727. The minimum absolute atomic E-state index is 0.119. The molecule has 86 valence electrons. The quantitative estimate of drug-likeness (QED) is 0.609. The van der Waals surface area contributed by atoms with Crippen molar-refractivity contribution in [2.75, 3.05) is 13.2 Å². The Labute approximate surface area is 90.7 Å². The minimum Gasteiger partial charge on any atom is -0.396 e. The fourth-order valence-electron chi connectivity index (χ4n) is 2.00. The molecule has 0 aliphatic heterocycles. The summed E-state index contributed by atoms with van der Waals surface area (Å²) in [5, 5.41) is 14.7.